The molecule has 4 nitrogen and oxygen atoms in total. The molecule has 3 fully saturated rings. The number of hydrogen-bond acceptors (Lipinski definition) is 3. The summed E-state index contributed by atoms with van der Waals surface area (Å²) in [5.41, 5.74) is 2.75. The summed E-state index contributed by atoms with van der Waals surface area (Å²) >= 11 is 0. The van der Waals surface area contributed by atoms with Crippen molar-refractivity contribution in [3.05, 3.63) is 29.8 Å². The minimum absolute atomic E-state index is 0.326. The van der Waals surface area contributed by atoms with Gasteiger partial charge in [-0.2, -0.15) is 0 Å². The van der Waals surface area contributed by atoms with Crippen molar-refractivity contribution in [2.24, 2.45) is 5.92 Å². The number of nitrogens with zero attached hydrogens (tertiary/aromatic N) is 3. The molecule has 1 aromatic rings. The lowest BCUT2D eigenvalue weighted by molar-refractivity contribution is -0.137. The Kier molecular flexibility index (Phi) is 5.49. The number of para-hydroxylation sites is 1. The van der Waals surface area contributed by atoms with Gasteiger partial charge in [0.2, 0.25) is 5.91 Å². The van der Waals surface area contributed by atoms with E-state index in [4.69, 9.17) is 0 Å². The van der Waals surface area contributed by atoms with E-state index in [0.717, 1.165) is 52.1 Å². The Morgan fingerprint density at radius 1 is 0.923 bits per heavy atom. The first-order valence-electron chi connectivity index (χ1n) is 10.6. The lowest BCUT2D eigenvalue weighted by Gasteiger charge is -2.44. The monoisotopic (exact) mass is 355 g/mol. The Morgan fingerprint density at radius 3 is 2.38 bits per heavy atom. The van der Waals surface area contributed by atoms with Gasteiger partial charge in [0.25, 0.3) is 0 Å². The minimum Gasteiger partial charge on any atom is -0.369 e. The van der Waals surface area contributed by atoms with Crippen molar-refractivity contribution in [1.29, 1.82) is 0 Å². The molecule has 1 saturated carbocycles. The van der Waals surface area contributed by atoms with E-state index in [1.165, 1.54) is 36.9 Å². The molecule has 26 heavy (non-hydrogen) atoms. The first-order valence-corrected chi connectivity index (χ1v) is 10.6. The van der Waals surface area contributed by atoms with Gasteiger partial charge in [0.15, 0.2) is 0 Å². The number of carbonyl (C=O) groups is 1. The Labute approximate surface area is 158 Å². The molecule has 0 aromatic heterocycles. The maximum Gasteiger partial charge on any atom is 0.225 e. The van der Waals surface area contributed by atoms with Gasteiger partial charge in [-0.15, -0.1) is 0 Å². The van der Waals surface area contributed by atoms with Crippen LogP contribution >= 0.6 is 0 Å². The average Bonchev–Trinajstić information content (AvgIpc) is 3.23. The van der Waals surface area contributed by atoms with Crippen molar-refractivity contribution in [3.8, 4) is 0 Å². The number of rotatable bonds is 3. The second kappa shape index (κ2) is 7.99. The number of piperidine rings is 1. The summed E-state index contributed by atoms with van der Waals surface area (Å²) in [7, 11) is 0. The predicted molar refractivity (Wildman–Crippen MR) is 107 cm³/mol. The summed E-state index contributed by atoms with van der Waals surface area (Å²) in [6.45, 7) is 8.56. The van der Waals surface area contributed by atoms with Crippen LogP contribution < -0.4 is 4.90 Å². The quantitative estimate of drug-likeness (QED) is 0.832. The number of carbonyl (C=O) groups excluding carboxylic acids is 1. The highest BCUT2D eigenvalue weighted by molar-refractivity contribution is 5.79. The van der Waals surface area contributed by atoms with Crippen molar-refractivity contribution in [1.82, 2.24) is 9.80 Å². The molecule has 0 bridgehead atoms. The topological polar surface area (TPSA) is 26.8 Å². The summed E-state index contributed by atoms with van der Waals surface area (Å²) in [5, 5.41) is 0. The van der Waals surface area contributed by atoms with Crippen molar-refractivity contribution >= 4 is 11.6 Å². The molecule has 0 radical (unpaired) electrons. The number of hydrogen-bond donors (Lipinski definition) is 0. The molecule has 142 valence electrons. The van der Waals surface area contributed by atoms with Gasteiger partial charge < -0.3 is 9.80 Å². The fourth-order valence-electron chi connectivity index (χ4n) is 5.13. The van der Waals surface area contributed by atoms with Gasteiger partial charge in [-0.1, -0.05) is 31.0 Å². The van der Waals surface area contributed by atoms with Crippen LogP contribution in [-0.2, 0) is 4.79 Å². The van der Waals surface area contributed by atoms with Crippen LogP contribution in [0.3, 0.4) is 0 Å². The summed E-state index contributed by atoms with van der Waals surface area (Å²) in [4.78, 5) is 20.2. The highest BCUT2D eigenvalue weighted by Crippen LogP contribution is 2.29. The van der Waals surface area contributed by atoms with E-state index >= 15 is 0 Å². The van der Waals surface area contributed by atoms with E-state index in [1.807, 2.05) is 0 Å². The Bertz CT molecular complexity index is 618. The molecule has 0 spiro atoms. The second-order valence-electron chi connectivity index (χ2n) is 8.37. The normalized spacial score (nSPS) is 25.7. The van der Waals surface area contributed by atoms with E-state index in [2.05, 4.69) is 45.9 Å². The molecule has 3 aliphatic rings. The molecule has 1 amide bonds. The van der Waals surface area contributed by atoms with E-state index in [0.29, 0.717) is 17.9 Å². The van der Waals surface area contributed by atoms with Gasteiger partial charge in [-0.3, -0.25) is 9.69 Å². The molecule has 1 aromatic carbocycles. The standard InChI is InChI=1S/C22H33N3O/c1-18-7-2-5-11-21(18)24-15-13-23(14-16-24)20-10-6-12-25(17-20)22(26)19-8-3-4-9-19/h2,5,7,11,19-20H,3-4,6,8-10,12-17H2,1H3. The Balaban J connectivity index is 1.32. The van der Waals surface area contributed by atoms with E-state index < -0.39 is 0 Å². The van der Waals surface area contributed by atoms with Crippen LogP contribution in [0.1, 0.15) is 44.1 Å². The second-order valence-corrected chi connectivity index (χ2v) is 8.37. The largest absolute Gasteiger partial charge is 0.369 e. The zero-order chi connectivity index (χ0) is 17.9. The Morgan fingerprint density at radius 2 is 1.65 bits per heavy atom. The summed E-state index contributed by atoms with van der Waals surface area (Å²) in [6.07, 6.45) is 7.15. The van der Waals surface area contributed by atoms with Crippen LogP contribution in [0.4, 0.5) is 5.69 Å². The third-order valence-electron chi connectivity index (χ3n) is 6.70. The first kappa shape index (κ1) is 17.8. The number of aryl methyl sites for hydroxylation is 1. The zero-order valence-electron chi connectivity index (χ0n) is 16.2. The fourth-order valence-corrected chi connectivity index (χ4v) is 5.13. The molecule has 1 aliphatic carbocycles. The lowest BCUT2D eigenvalue weighted by atomic mass is 9.99. The van der Waals surface area contributed by atoms with Gasteiger partial charge in [0, 0.05) is 56.9 Å². The number of amides is 1. The van der Waals surface area contributed by atoms with Gasteiger partial charge in [0.05, 0.1) is 0 Å². The molecule has 1 unspecified atom stereocenters. The fraction of sp³-hybridized carbons (Fsp3) is 0.682. The van der Waals surface area contributed by atoms with Crippen molar-refractivity contribution < 1.29 is 4.79 Å². The van der Waals surface area contributed by atoms with Crippen LogP contribution in [0.25, 0.3) is 0 Å². The molecule has 4 rings (SSSR count). The third kappa shape index (κ3) is 3.75. The average molecular weight is 356 g/mol. The summed E-state index contributed by atoms with van der Waals surface area (Å²) < 4.78 is 0. The number of anilines is 1. The molecule has 0 N–H and O–H groups in total. The molecule has 2 saturated heterocycles. The van der Waals surface area contributed by atoms with Crippen molar-refractivity contribution in [3.63, 3.8) is 0 Å². The minimum atomic E-state index is 0.326. The van der Waals surface area contributed by atoms with Gasteiger partial charge in [0.1, 0.15) is 0 Å². The maximum atomic E-state index is 12.8. The van der Waals surface area contributed by atoms with Crippen molar-refractivity contribution in [2.45, 2.75) is 51.5 Å². The van der Waals surface area contributed by atoms with Crippen LogP contribution in [0.5, 0.6) is 0 Å². The highest BCUT2D eigenvalue weighted by atomic mass is 16.2. The van der Waals surface area contributed by atoms with Gasteiger partial charge in [-0.05, 0) is 44.2 Å². The molecule has 4 heteroatoms. The van der Waals surface area contributed by atoms with Crippen LogP contribution in [0, 0.1) is 12.8 Å². The van der Waals surface area contributed by atoms with E-state index in [-0.39, 0.29) is 0 Å². The molecule has 2 heterocycles. The predicted octanol–water partition coefficient (Wildman–Crippen LogP) is 3.30. The molecule has 2 aliphatic heterocycles. The van der Waals surface area contributed by atoms with E-state index in [9.17, 15) is 4.79 Å². The molecule has 1 atom stereocenters. The van der Waals surface area contributed by atoms with Crippen LogP contribution in [0.15, 0.2) is 24.3 Å². The van der Waals surface area contributed by atoms with Crippen LogP contribution in [-0.4, -0.2) is 61.0 Å². The smallest absolute Gasteiger partial charge is 0.225 e. The Hall–Kier alpha value is -1.55. The highest BCUT2D eigenvalue weighted by Gasteiger charge is 2.33. The van der Waals surface area contributed by atoms with Gasteiger partial charge in [-0.25, -0.2) is 0 Å². The first-order chi connectivity index (χ1) is 12.7. The number of likely N-dealkylation sites (tertiary alicyclic amines) is 1. The van der Waals surface area contributed by atoms with Crippen LogP contribution in [0.2, 0.25) is 0 Å². The summed E-state index contributed by atoms with van der Waals surface area (Å²) in [5.74, 6) is 0.775. The summed E-state index contributed by atoms with van der Waals surface area (Å²) in [6, 6.07) is 9.27. The third-order valence-corrected chi connectivity index (χ3v) is 6.70. The van der Waals surface area contributed by atoms with E-state index in [1.54, 1.807) is 0 Å². The molecular formula is C22H33N3O. The lowest BCUT2D eigenvalue weighted by Crippen LogP contribution is -2.56. The zero-order valence-corrected chi connectivity index (χ0v) is 16.2. The van der Waals surface area contributed by atoms with Gasteiger partial charge >= 0.3 is 0 Å². The maximum absolute atomic E-state index is 12.8. The molecular weight excluding hydrogens is 322 g/mol. The number of piperazine rings is 1. The van der Waals surface area contributed by atoms with Crippen molar-refractivity contribution in [2.75, 3.05) is 44.2 Å². The number of benzene rings is 1. The SMILES string of the molecule is Cc1ccccc1N1CCN(C2CCCN(C(=O)C3CCCC3)C2)CC1.